The number of aryl methyl sites for hydroxylation is 1. The van der Waals surface area contributed by atoms with Crippen molar-refractivity contribution in [3.05, 3.63) is 55.8 Å². The molecule has 1 N–H and O–H groups in total. The lowest BCUT2D eigenvalue weighted by Crippen LogP contribution is -2.24. The van der Waals surface area contributed by atoms with E-state index in [1.807, 2.05) is 25.1 Å². The van der Waals surface area contributed by atoms with Gasteiger partial charge in [0.15, 0.2) is 6.61 Å². The van der Waals surface area contributed by atoms with Crippen molar-refractivity contribution in [2.45, 2.75) is 26.7 Å². The van der Waals surface area contributed by atoms with E-state index in [2.05, 4.69) is 24.4 Å². The van der Waals surface area contributed by atoms with Gasteiger partial charge in [0.1, 0.15) is 5.75 Å². The lowest BCUT2D eigenvalue weighted by Gasteiger charge is -2.12. The van der Waals surface area contributed by atoms with Gasteiger partial charge in [-0.05, 0) is 30.0 Å². The molecule has 0 aliphatic heterocycles. The van der Waals surface area contributed by atoms with Crippen molar-refractivity contribution in [1.29, 1.82) is 0 Å². The van der Waals surface area contributed by atoms with Crippen LogP contribution in [0.4, 0.5) is 5.69 Å². The quantitative estimate of drug-likeness (QED) is 0.463. The summed E-state index contributed by atoms with van der Waals surface area (Å²) in [5, 5.41) is 15.8. The van der Waals surface area contributed by atoms with Crippen molar-refractivity contribution < 1.29 is 14.5 Å². The van der Waals surface area contributed by atoms with Crippen LogP contribution in [0.5, 0.6) is 5.75 Å². The van der Waals surface area contributed by atoms with Gasteiger partial charge < -0.3 is 4.74 Å². The fraction of sp³-hybridized carbons (Fsp3) is 0.294. The van der Waals surface area contributed by atoms with Gasteiger partial charge in [0.25, 0.3) is 11.6 Å². The van der Waals surface area contributed by atoms with E-state index in [9.17, 15) is 14.9 Å². The highest BCUT2D eigenvalue weighted by molar-refractivity contribution is 7.12. The molecule has 1 amide bonds. The maximum Gasteiger partial charge on any atom is 0.280 e. The molecule has 0 saturated heterocycles. The summed E-state index contributed by atoms with van der Waals surface area (Å²) in [5.74, 6) is 0.632. The molecular formula is C17H19N3O4S. The molecule has 1 heterocycles. The van der Waals surface area contributed by atoms with Crippen molar-refractivity contribution >= 4 is 29.1 Å². The van der Waals surface area contributed by atoms with Crippen LogP contribution in [0.1, 0.15) is 35.8 Å². The van der Waals surface area contributed by atoms with Crippen LogP contribution in [0.25, 0.3) is 0 Å². The maximum absolute atomic E-state index is 11.8. The number of hydrazone groups is 1. The van der Waals surface area contributed by atoms with E-state index in [1.165, 1.54) is 29.0 Å². The zero-order valence-corrected chi connectivity index (χ0v) is 15.0. The van der Waals surface area contributed by atoms with Crippen molar-refractivity contribution in [2.24, 2.45) is 5.10 Å². The van der Waals surface area contributed by atoms with E-state index < -0.39 is 10.8 Å². The Kier molecular flexibility index (Phi) is 6.24. The first kappa shape index (κ1) is 18.6. The molecule has 0 spiro atoms. The summed E-state index contributed by atoms with van der Waals surface area (Å²) < 4.78 is 5.56. The normalized spacial score (nSPS) is 11.0. The second-order valence-corrected chi connectivity index (χ2v) is 6.67. The molecule has 2 rings (SSSR count). The largest absolute Gasteiger partial charge is 0.483 e. The molecule has 0 unspecified atom stereocenters. The monoisotopic (exact) mass is 361 g/mol. The molecule has 1 aromatic heterocycles. The number of nitrogens with one attached hydrogen (secondary N) is 1. The average molecular weight is 361 g/mol. The van der Waals surface area contributed by atoms with Gasteiger partial charge in [-0.15, -0.1) is 11.3 Å². The molecule has 0 atom stereocenters. The lowest BCUT2D eigenvalue weighted by molar-refractivity contribution is -0.384. The Morgan fingerprint density at radius 1 is 1.44 bits per heavy atom. The summed E-state index contributed by atoms with van der Waals surface area (Å²) in [4.78, 5) is 22.5. The number of carbonyl (C=O) groups excluding carboxylic acids is 1. The fourth-order valence-corrected chi connectivity index (χ4v) is 2.69. The van der Waals surface area contributed by atoms with Crippen LogP contribution < -0.4 is 10.2 Å². The van der Waals surface area contributed by atoms with Crippen molar-refractivity contribution in [2.75, 3.05) is 6.61 Å². The molecule has 132 valence electrons. The summed E-state index contributed by atoms with van der Waals surface area (Å²) in [6, 6.07) is 7.32. The minimum Gasteiger partial charge on any atom is -0.483 e. The number of carbonyl (C=O) groups is 1. The molecule has 8 heteroatoms. The number of thiophene rings is 1. The predicted octanol–water partition coefficient (Wildman–Crippen LogP) is 3.62. The molecule has 0 saturated carbocycles. The first-order chi connectivity index (χ1) is 11.9. The number of hydrogen-bond acceptors (Lipinski definition) is 6. The van der Waals surface area contributed by atoms with Crippen molar-refractivity contribution in [3.63, 3.8) is 0 Å². The number of ether oxygens (including phenoxy) is 1. The van der Waals surface area contributed by atoms with Gasteiger partial charge in [0.05, 0.1) is 21.4 Å². The van der Waals surface area contributed by atoms with Gasteiger partial charge in [-0.3, -0.25) is 14.9 Å². The maximum atomic E-state index is 11.8. The van der Waals surface area contributed by atoms with E-state index in [4.69, 9.17) is 4.74 Å². The van der Waals surface area contributed by atoms with Gasteiger partial charge in [0.2, 0.25) is 0 Å². The number of amides is 1. The van der Waals surface area contributed by atoms with Crippen LogP contribution in [0.2, 0.25) is 0 Å². The average Bonchev–Trinajstić information content (AvgIpc) is 3.03. The molecule has 2 aromatic rings. The zero-order chi connectivity index (χ0) is 18.4. The summed E-state index contributed by atoms with van der Waals surface area (Å²) in [6.45, 7) is 5.93. The Morgan fingerprint density at radius 3 is 2.84 bits per heavy atom. The highest BCUT2D eigenvalue weighted by Gasteiger charge is 2.09. The van der Waals surface area contributed by atoms with E-state index in [1.54, 1.807) is 0 Å². The van der Waals surface area contributed by atoms with E-state index in [0.29, 0.717) is 16.5 Å². The molecular weight excluding hydrogens is 342 g/mol. The van der Waals surface area contributed by atoms with Crippen LogP contribution in [0.3, 0.4) is 0 Å². The van der Waals surface area contributed by atoms with E-state index in [-0.39, 0.29) is 12.3 Å². The number of benzene rings is 1. The summed E-state index contributed by atoms with van der Waals surface area (Å²) in [5.41, 5.74) is 4.43. The van der Waals surface area contributed by atoms with Crippen LogP contribution in [-0.4, -0.2) is 23.7 Å². The fourth-order valence-electron chi connectivity index (χ4n) is 1.98. The third-order valence-corrected chi connectivity index (χ3v) is 4.29. The van der Waals surface area contributed by atoms with Crippen LogP contribution in [0.15, 0.2) is 34.7 Å². The highest BCUT2D eigenvalue weighted by atomic mass is 32.1. The molecule has 0 aliphatic rings. The topological polar surface area (TPSA) is 93.8 Å². The minimum atomic E-state index is -0.478. The zero-order valence-electron chi connectivity index (χ0n) is 14.2. The molecule has 1 aromatic carbocycles. The number of rotatable bonds is 7. The van der Waals surface area contributed by atoms with Crippen LogP contribution in [-0.2, 0) is 4.79 Å². The van der Waals surface area contributed by atoms with Gasteiger partial charge in [-0.1, -0.05) is 26.0 Å². The van der Waals surface area contributed by atoms with Crippen LogP contribution in [0, 0.1) is 17.0 Å². The van der Waals surface area contributed by atoms with E-state index in [0.717, 1.165) is 11.1 Å². The number of hydrogen-bond donors (Lipinski definition) is 1. The predicted molar refractivity (Wildman–Crippen MR) is 97.5 cm³/mol. The Labute approximate surface area is 149 Å². The third-order valence-electron chi connectivity index (χ3n) is 3.44. The van der Waals surface area contributed by atoms with Crippen molar-refractivity contribution in [1.82, 2.24) is 5.43 Å². The molecule has 25 heavy (non-hydrogen) atoms. The van der Waals surface area contributed by atoms with Crippen LogP contribution >= 0.6 is 11.3 Å². The molecule has 0 aliphatic carbocycles. The Hall–Kier alpha value is -2.74. The van der Waals surface area contributed by atoms with Gasteiger partial charge in [0, 0.05) is 6.07 Å². The Morgan fingerprint density at radius 2 is 2.20 bits per heavy atom. The number of nitro groups is 1. The lowest BCUT2D eigenvalue weighted by atomic mass is 10.0. The molecule has 0 bridgehead atoms. The Balaban J connectivity index is 1.87. The smallest absolute Gasteiger partial charge is 0.280 e. The van der Waals surface area contributed by atoms with Gasteiger partial charge in [-0.25, -0.2) is 5.43 Å². The second-order valence-electron chi connectivity index (χ2n) is 5.73. The first-order valence-corrected chi connectivity index (χ1v) is 8.53. The standard InChI is InChI=1S/C17H19N3O4S/c1-11(2)13-5-4-12(3)16(6-13)24-9-17(21)19-18-8-15-7-14(10-25-15)20(22)23/h4-8,10-11H,9H2,1-3H3,(H,19,21)/b18-8+. The summed E-state index contributed by atoms with van der Waals surface area (Å²) in [7, 11) is 0. The molecule has 0 radical (unpaired) electrons. The molecule has 0 fully saturated rings. The molecule has 7 nitrogen and oxygen atoms in total. The SMILES string of the molecule is Cc1ccc(C(C)C)cc1OCC(=O)N/N=C/c1cc([N+](=O)[O-])cs1. The minimum absolute atomic E-state index is 0.00150. The third kappa shape index (κ3) is 5.39. The first-order valence-electron chi connectivity index (χ1n) is 7.65. The highest BCUT2D eigenvalue weighted by Crippen LogP contribution is 2.24. The Bertz CT molecular complexity index is 799. The van der Waals surface area contributed by atoms with E-state index >= 15 is 0 Å². The summed E-state index contributed by atoms with van der Waals surface area (Å²) >= 11 is 1.17. The number of nitrogens with zero attached hydrogens (tertiary/aromatic N) is 2. The van der Waals surface area contributed by atoms with Crippen molar-refractivity contribution in [3.8, 4) is 5.75 Å². The second kappa shape index (κ2) is 8.39. The van der Waals surface area contributed by atoms with Gasteiger partial charge in [-0.2, -0.15) is 5.10 Å². The van der Waals surface area contributed by atoms with Gasteiger partial charge >= 0.3 is 0 Å². The summed E-state index contributed by atoms with van der Waals surface area (Å²) in [6.07, 6.45) is 1.36.